The first-order valence-electron chi connectivity index (χ1n) is 9.03. The SMILES string of the molecule is CCN(CC)CCN(C(=O)c1cc(C)n(C)n1)c1nc2ccc(F)cc2s1. The van der Waals surface area contributed by atoms with E-state index in [1.54, 1.807) is 21.7 Å². The summed E-state index contributed by atoms with van der Waals surface area (Å²) in [4.78, 5) is 21.6. The third-order valence-corrected chi connectivity index (χ3v) is 5.72. The summed E-state index contributed by atoms with van der Waals surface area (Å²) in [6.07, 6.45) is 0. The van der Waals surface area contributed by atoms with Gasteiger partial charge in [-0.3, -0.25) is 14.4 Å². The molecule has 1 aromatic carbocycles. The smallest absolute Gasteiger partial charge is 0.280 e. The minimum Gasteiger partial charge on any atom is -0.302 e. The number of thiazole rings is 1. The van der Waals surface area contributed by atoms with E-state index in [1.165, 1.54) is 23.5 Å². The van der Waals surface area contributed by atoms with Gasteiger partial charge in [0, 0.05) is 25.8 Å². The van der Waals surface area contributed by atoms with E-state index in [2.05, 4.69) is 28.8 Å². The van der Waals surface area contributed by atoms with Crippen LogP contribution in [0.5, 0.6) is 0 Å². The van der Waals surface area contributed by atoms with Crippen LogP contribution >= 0.6 is 11.3 Å². The largest absolute Gasteiger partial charge is 0.302 e. The van der Waals surface area contributed by atoms with E-state index in [4.69, 9.17) is 0 Å². The summed E-state index contributed by atoms with van der Waals surface area (Å²) in [7, 11) is 1.81. The lowest BCUT2D eigenvalue weighted by molar-refractivity contribution is 0.0978. The molecule has 2 heterocycles. The van der Waals surface area contributed by atoms with Crippen molar-refractivity contribution in [2.75, 3.05) is 31.1 Å². The fourth-order valence-electron chi connectivity index (χ4n) is 2.87. The van der Waals surface area contributed by atoms with Gasteiger partial charge < -0.3 is 4.90 Å². The van der Waals surface area contributed by atoms with Gasteiger partial charge in [-0.05, 0) is 44.3 Å². The molecule has 0 aliphatic rings. The number of amides is 1. The van der Waals surface area contributed by atoms with Crippen molar-refractivity contribution in [3.63, 3.8) is 0 Å². The van der Waals surface area contributed by atoms with Crippen LogP contribution in [0.3, 0.4) is 0 Å². The molecule has 0 radical (unpaired) electrons. The minimum absolute atomic E-state index is 0.189. The molecule has 27 heavy (non-hydrogen) atoms. The van der Waals surface area contributed by atoms with Crippen LogP contribution in [0.15, 0.2) is 24.3 Å². The molecule has 0 atom stereocenters. The summed E-state index contributed by atoms with van der Waals surface area (Å²) in [6.45, 7) is 9.15. The van der Waals surface area contributed by atoms with Crippen molar-refractivity contribution in [2.24, 2.45) is 7.05 Å². The number of likely N-dealkylation sites (N-methyl/N-ethyl adjacent to an activating group) is 1. The Labute approximate surface area is 162 Å². The first-order chi connectivity index (χ1) is 12.9. The molecule has 1 amide bonds. The van der Waals surface area contributed by atoms with Gasteiger partial charge in [0.15, 0.2) is 10.8 Å². The summed E-state index contributed by atoms with van der Waals surface area (Å²) in [5.74, 6) is -0.496. The van der Waals surface area contributed by atoms with Crippen LogP contribution in [0.4, 0.5) is 9.52 Å². The lowest BCUT2D eigenvalue weighted by Gasteiger charge is -2.24. The van der Waals surface area contributed by atoms with Crippen LogP contribution < -0.4 is 4.90 Å². The van der Waals surface area contributed by atoms with E-state index >= 15 is 0 Å². The molecule has 2 aromatic heterocycles. The number of fused-ring (bicyclic) bond motifs is 1. The number of carbonyl (C=O) groups excluding carboxylic acids is 1. The zero-order valence-electron chi connectivity index (χ0n) is 16.1. The van der Waals surface area contributed by atoms with Crippen molar-refractivity contribution >= 4 is 32.6 Å². The van der Waals surface area contributed by atoms with Gasteiger partial charge in [-0.1, -0.05) is 25.2 Å². The van der Waals surface area contributed by atoms with E-state index in [-0.39, 0.29) is 11.7 Å². The Morgan fingerprint density at radius 1 is 1.22 bits per heavy atom. The first kappa shape index (κ1) is 19.4. The first-order valence-corrected chi connectivity index (χ1v) is 9.85. The second-order valence-corrected chi connectivity index (χ2v) is 7.40. The van der Waals surface area contributed by atoms with E-state index in [0.717, 1.165) is 30.0 Å². The van der Waals surface area contributed by atoms with E-state index in [9.17, 15) is 9.18 Å². The molecule has 0 spiro atoms. The Balaban J connectivity index is 1.95. The number of aryl methyl sites for hydroxylation is 2. The lowest BCUT2D eigenvalue weighted by Crippen LogP contribution is -2.39. The van der Waals surface area contributed by atoms with Gasteiger partial charge in [-0.25, -0.2) is 9.37 Å². The topological polar surface area (TPSA) is 54.3 Å². The Hall–Kier alpha value is -2.32. The molecule has 0 bridgehead atoms. The fourth-order valence-corrected chi connectivity index (χ4v) is 3.89. The maximum absolute atomic E-state index is 13.5. The van der Waals surface area contributed by atoms with Crippen molar-refractivity contribution in [3.8, 4) is 0 Å². The van der Waals surface area contributed by atoms with Crippen LogP contribution in [-0.2, 0) is 7.05 Å². The summed E-state index contributed by atoms with van der Waals surface area (Å²) < 4.78 is 16.0. The highest BCUT2D eigenvalue weighted by Crippen LogP contribution is 2.30. The Morgan fingerprint density at radius 2 is 1.96 bits per heavy atom. The standard InChI is InChI=1S/C19H24FN5OS/c1-5-24(6-2)9-10-25(18(26)16-11-13(3)23(4)22-16)19-21-15-8-7-14(20)12-17(15)27-19/h7-8,11-12H,5-6,9-10H2,1-4H3. The number of hydrogen-bond donors (Lipinski definition) is 0. The molecule has 0 N–H and O–H groups in total. The molecule has 0 fully saturated rings. The highest BCUT2D eigenvalue weighted by atomic mass is 32.1. The summed E-state index contributed by atoms with van der Waals surface area (Å²) in [6, 6.07) is 6.26. The molecule has 0 aliphatic heterocycles. The Bertz CT molecular complexity index is 927. The van der Waals surface area contributed by atoms with Crippen LogP contribution in [0, 0.1) is 12.7 Å². The van der Waals surface area contributed by atoms with Crippen LogP contribution in [-0.4, -0.2) is 51.8 Å². The number of nitrogens with zero attached hydrogens (tertiary/aromatic N) is 5. The maximum Gasteiger partial charge on any atom is 0.280 e. The number of benzene rings is 1. The highest BCUT2D eigenvalue weighted by molar-refractivity contribution is 7.22. The van der Waals surface area contributed by atoms with E-state index in [0.29, 0.717) is 22.9 Å². The molecule has 3 rings (SSSR count). The van der Waals surface area contributed by atoms with Crippen LogP contribution in [0.25, 0.3) is 10.2 Å². The number of anilines is 1. The van der Waals surface area contributed by atoms with Gasteiger partial charge in [0.2, 0.25) is 0 Å². The monoisotopic (exact) mass is 389 g/mol. The quantitative estimate of drug-likeness (QED) is 0.621. The summed E-state index contributed by atoms with van der Waals surface area (Å²) >= 11 is 1.32. The minimum atomic E-state index is -0.306. The van der Waals surface area contributed by atoms with Crippen molar-refractivity contribution in [2.45, 2.75) is 20.8 Å². The highest BCUT2D eigenvalue weighted by Gasteiger charge is 2.24. The summed E-state index contributed by atoms with van der Waals surface area (Å²) in [5, 5.41) is 4.89. The van der Waals surface area contributed by atoms with Crippen molar-refractivity contribution in [3.05, 3.63) is 41.5 Å². The van der Waals surface area contributed by atoms with Crippen LogP contribution in [0.1, 0.15) is 30.0 Å². The second-order valence-electron chi connectivity index (χ2n) is 6.39. The van der Waals surface area contributed by atoms with Gasteiger partial charge in [0.25, 0.3) is 5.91 Å². The van der Waals surface area contributed by atoms with Gasteiger partial charge in [-0.15, -0.1) is 0 Å². The average Bonchev–Trinajstić information content (AvgIpc) is 3.21. The number of carbonyl (C=O) groups is 1. The zero-order valence-corrected chi connectivity index (χ0v) is 16.9. The van der Waals surface area contributed by atoms with Crippen molar-refractivity contribution in [1.82, 2.24) is 19.7 Å². The lowest BCUT2D eigenvalue weighted by atomic mass is 10.3. The van der Waals surface area contributed by atoms with Gasteiger partial charge >= 0.3 is 0 Å². The molecular formula is C19H24FN5OS. The number of hydrogen-bond acceptors (Lipinski definition) is 5. The summed E-state index contributed by atoms with van der Waals surface area (Å²) in [5.41, 5.74) is 1.99. The molecular weight excluding hydrogens is 365 g/mol. The molecule has 6 nitrogen and oxygen atoms in total. The van der Waals surface area contributed by atoms with Crippen molar-refractivity contribution < 1.29 is 9.18 Å². The van der Waals surface area contributed by atoms with Gasteiger partial charge in [0.05, 0.1) is 10.2 Å². The molecule has 0 saturated heterocycles. The Morgan fingerprint density at radius 3 is 2.59 bits per heavy atom. The number of rotatable bonds is 7. The predicted octanol–water partition coefficient (Wildman–Crippen LogP) is 3.47. The van der Waals surface area contributed by atoms with E-state index in [1.807, 2.05) is 14.0 Å². The second kappa shape index (κ2) is 8.14. The molecule has 0 saturated carbocycles. The van der Waals surface area contributed by atoms with Gasteiger partial charge in [0.1, 0.15) is 5.82 Å². The Kier molecular flexibility index (Phi) is 5.86. The average molecular weight is 390 g/mol. The number of halogens is 1. The fraction of sp³-hybridized carbons (Fsp3) is 0.421. The molecule has 8 heteroatoms. The maximum atomic E-state index is 13.5. The van der Waals surface area contributed by atoms with E-state index < -0.39 is 0 Å². The zero-order chi connectivity index (χ0) is 19.6. The van der Waals surface area contributed by atoms with Crippen LogP contribution in [0.2, 0.25) is 0 Å². The molecule has 3 aromatic rings. The van der Waals surface area contributed by atoms with Crippen molar-refractivity contribution in [1.29, 1.82) is 0 Å². The molecule has 0 unspecified atom stereocenters. The predicted molar refractivity (Wildman–Crippen MR) is 107 cm³/mol. The normalized spacial score (nSPS) is 11.5. The molecule has 144 valence electrons. The third-order valence-electron chi connectivity index (χ3n) is 4.68. The van der Waals surface area contributed by atoms with Gasteiger partial charge in [-0.2, -0.15) is 5.10 Å². The molecule has 0 aliphatic carbocycles. The number of aromatic nitrogens is 3. The third kappa shape index (κ3) is 4.17.